The van der Waals surface area contributed by atoms with Crippen molar-refractivity contribution in [2.45, 2.75) is 19.1 Å². The van der Waals surface area contributed by atoms with Gasteiger partial charge in [-0.2, -0.15) is 0 Å². The number of nitrogens with two attached hydrogens (primary N) is 1. The van der Waals surface area contributed by atoms with Crippen molar-refractivity contribution in [2.75, 3.05) is 32.8 Å². The molecule has 2 heterocycles. The average molecular weight is 283 g/mol. The van der Waals surface area contributed by atoms with Crippen molar-refractivity contribution in [3.05, 3.63) is 28.3 Å². The molecule has 0 saturated carbocycles. The second-order valence-electron chi connectivity index (χ2n) is 5.12. The molecule has 0 aliphatic carbocycles. The number of hydrogen-bond acceptors (Lipinski definition) is 4. The van der Waals surface area contributed by atoms with Crippen LogP contribution < -0.4 is 10.5 Å². The number of ether oxygens (including phenoxy) is 2. The molecule has 1 aromatic rings. The third-order valence-electron chi connectivity index (χ3n) is 3.71. The molecule has 2 aliphatic rings. The summed E-state index contributed by atoms with van der Waals surface area (Å²) in [5.41, 5.74) is 8.08. The molecule has 0 amide bonds. The summed E-state index contributed by atoms with van der Waals surface area (Å²) < 4.78 is 11.3. The fourth-order valence-corrected chi connectivity index (χ4v) is 3.03. The van der Waals surface area contributed by atoms with Gasteiger partial charge in [0.05, 0.1) is 19.3 Å². The van der Waals surface area contributed by atoms with E-state index in [0.717, 1.165) is 50.0 Å². The molecule has 1 saturated heterocycles. The highest BCUT2D eigenvalue weighted by atomic mass is 35.5. The van der Waals surface area contributed by atoms with Gasteiger partial charge >= 0.3 is 0 Å². The number of benzene rings is 1. The van der Waals surface area contributed by atoms with Gasteiger partial charge in [-0.3, -0.25) is 4.90 Å². The van der Waals surface area contributed by atoms with E-state index in [2.05, 4.69) is 4.90 Å². The zero-order valence-electron chi connectivity index (χ0n) is 10.9. The minimum Gasteiger partial charge on any atom is -0.493 e. The quantitative estimate of drug-likeness (QED) is 0.911. The molecule has 0 aromatic heterocycles. The Bertz CT molecular complexity index is 467. The molecule has 1 fully saturated rings. The maximum absolute atomic E-state index is 6.18. The van der Waals surface area contributed by atoms with Crippen LogP contribution in [-0.2, 0) is 17.7 Å². The minimum atomic E-state index is 0.141. The Morgan fingerprint density at radius 1 is 1.37 bits per heavy atom. The number of rotatable bonds is 3. The Morgan fingerprint density at radius 2 is 2.26 bits per heavy atom. The molecule has 19 heavy (non-hydrogen) atoms. The van der Waals surface area contributed by atoms with Gasteiger partial charge in [0.2, 0.25) is 0 Å². The fourth-order valence-electron chi connectivity index (χ4n) is 2.77. The van der Waals surface area contributed by atoms with E-state index in [1.165, 1.54) is 11.1 Å². The molecule has 0 radical (unpaired) electrons. The first-order valence-corrected chi connectivity index (χ1v) is 7.12. The van der Waals surface area contributed by atoms with Gasteiger partial charge in [0.1, 0.15) is 5.75 Å². The van der Waals surface area contributed by atoms with Crippen molar-refractivity contribution in [3.8, 4) is 5.75 Å². The Kier molecular flexibility index (Phi) is 3.93. The lowest BCUT2D eigenvalue weighted by atomic mass is 10.1. The zero-order chi connectivity index (χ0) is 13.2. The summed E-state index contributed by atoms with van der Waals surface area (Å²) in [6.45, 7) is 4.72. The van der Waals surface area contributed by atoms with Crippen LogP contribution in [0, 0.1) is 0 Å². The van der Waals surface area contributed by atoms with Crippen LogP contribution in [0.2, 0.25) is 5.02 Å². The van der Waals surface area contributed by atoms with E-state index in [1.807, 2.05) is 12.1 Å². The summed E-state index contributed by atoms with van der Waals surface area (Å²) in [5, 5.41) is 0.794. The Labute approximate surface area is 118 Å². The highest BCUT2D eigenvalue weighted by Gasteiger charge is 2.23. The van der Waals surface area contributed by atoms with Crippen molar-refractivity contribution < 1.29 is 9.47 Å². The predicted molar refractivity (Wildman–Crippen MR) is 74.7 cm³/mol. The topological polar surface area (TPSA) is 47.7 Å². The van der Waals surface area contributed by atoms with Crippen LogP contribution >= 0.6 is 11.6 Å². The number of fused-ring (bicyclic) bond motifs is 1. The minimum absolute atomic E-state index is 0.141. The standard InChI is InChI=1S/C14H19ClN2O2/c15-12-5-10-1-3-19-14(10)11(6-12)8-17-2-4-18-13(7-16)9-17/h5-6,13H,1-4,7-9,16H2. The largest absolute Gasteiger partial charge is 0.493 e. The fraction of sp³-hybridized carbons (Fsp3) is 0.571. The first kappa shape index (κ1) is 13.2. The van der Waals surface area contributed by atoms with Gasteiger partial charge in [-0.1, -0.05) is 11.6 Å². The lowest BCUT2D eigenvalue weighted by Crippen LogP contribution is -2.45. The van der Waals surface area contributed by atoms with Gasteiger partial charge in [-0.25, -0.2) is 0 Å². The highest BCUT2D eigenvalue weighted by molar-refractivity contribution is 6.30. The van der Waals surface area contributed by atoms with Gasteiger partial charge in [0.15, 0.2) is 0 Å². The molecule has 0 bridgehead atoms. The molecule has 1 unspecified atom stereocenters. The molecule has 1 atom stereocenters. The van der Waals surface area contributed by atoms with Crippen molar-refractivity contribution >= 4 is 11.6 Å². The smallest absolute Gasteiger partial charge is 0.127 e. The maximum Gasteiger partial charge on any atom is 0.127 e. The third kappa shape index (κ3) is 2.87. The molecule has 1 aromatic carbocycles. The van der Waals surface area contributed by atoms with E-state index in [-0.39, 0.29) is 6.10 Å². The monoisotopic (exact) mass is 282 g/mol. The van der Waals surface area contributed by atoms with E-state index in [4.69, 9.17) is 26.8 Å². The van der Waals surface area contributed by atoms with Crippen LogP contribution in [0.1, 0.15) is 11.1 Å². The molecule has 2 aliphatic heterocycles. The molecule has 5 heteroatoms. The maximum atomic E-state index is 6.18. The van der Waals surface area contributed by atoms with Crippen LogP contribution in [0.15, 0.2) is 12.1 Å². The normalized spacial score (nSPS) is 23.2. The van der Waals surface area contributed by atoms with Gasteiger partial charge in [0, 0.05) is 43.2 Å². The van der Waals surface area contributed by atoms with Crippen LogP contribution in [0.3, 0.4) is 0 Å². The number of nitrogens with zero attached hydrogens (tertiary/aromatic N) is 1. The Balaban J connectivity index is 1.76. The molecule has 0 spiro atoms. The SMILES string of the molecule is NCC1CN(Cc2cc(Cl)cc3c2OCC3)CCO1. The summed E-state index contributed by atoms with van der Waals surface area (Å²) in [6, 6.07) is 4.02. The average Bonchev–Trinajstić information content (AvgIpc) is 2.87. The van der Waals surface area contributed by atoms with Gasteiger partial charge in [-0.05, 0) is 17.7 Å². The lowest BCUT2D eigenvalue weighted by Gasteiger charge is -2.32. The molecule has 2 N–H and O–H groups in total. The summed E-state index contributed by atoms with van der Waals surface area (Å²) in [5.74, 6) is 1.03. The first-order chi connectivity index (χ1) is 9.26. The van der Waals surface area contributed by atoms with Crippen LogP contribution in [0.25, 0.3) is 0 Å². The Morgan fingerprint density at radius 3 is 3.11 bits per heavy atom. The number of hydrogen-bond donors (Lipinski definition) is 1. The van der Waals surface area contributed by atoms with Crippen LogP contribution in [0.4, 0.5) is 0 Å². The van der Waals surface area contributed by atoms with Crippen molar-refractivity contribution in [2.24, 2.45) is 5.73 Å². The second-order valence-corrected chi connectivity index (χ2v) is 5.55. The van der Waals surface area contributed by atoms with E-state index < -0.39 is 0 Å². The van der Waals surface area contributed by atoms with Crippen molar-refractivity contribution in [3.63, 3.8) is 0 Å². The summed E-state index contributed by atoms with van der Waals surface area (Å²) in [4.78, 5) is 2.36. The van der Waals surface area contributed by atoms with Crippen molar-refractivity contribution in [1.29, 1.82) is 0 Å². The summed E-state index contributed by atoms with van der Waals surface area (Å²) >= 11 is 6.18. The molecular weight excluding hydrogens is 264 g/mol. The lowest BCUT2D eigenvalue weighted by molar-refractivity contribution is -0.0262. The molecule has 3 rings (SSSR count). The Hall–Kier alpha value is -0.810. The van der Waals surface area contributed by atoms with Gasteiger partial charge in [-0.15, -0.1) is 0 Å². The number of halogens is 1. The van der Waals surface area contributed by atoms with E-state index in [1.54, 1.807) is 0 Å². The zero-order valence-corrected chi connectivity index (χ0v) is 11.7. The van der Waals surface area contributed by atoms with E-state index in [9.17, 15) is 0 Å². The van der Waals surface area contributed by atoms with Gasteiger partial charge in [0.25, 0.3) is 0 Å². The molecule has 4 nitrogen and oxygen atoms in total. The van der Waals surface area contributed by atoms with E-state index >= 15 is 0 Å². The first-order valence-electron chi connectivity index (χ1n) is 6.74. The van der Waals surface area contributed by atoms with Crippen LogP contribution in [-0.4, -0.2) is 43.9 Å². The summed E-state index contributed by atoms with van der Waals surface area (Å²) in [6.07, 6.45) is 1.10. The van der Waals surface area contributed by atoms with Crippen LogP contribution in [0.5, 0.6) is 5.75 Å². The van der Waals surface area contributed by atoms with Gasteiger partial charge < -0.3 is 15.2 Å². The highest BCUT2D eigenvalue weighted by Crippen LogP contribution is 2.33. The number of morpholine rings is 1. The molecule has 104 valence electrons. The molecular formula is C14H19ClN2O2. The predicted octanol–water partition coefficient (Wildman–Crippen LogP) is 1.43. The van der Waals surface area contributed by atoms with Crippen molar-refractivity contribution in [1.82, 2.24) is 4.90 Å². The second kappa shape index (κ2) is 5.67. The third-order valence-corrected chi connectivity index (χ3v) is 3.92. The van der Waals surface area contributed by atoms with E-state index in [0.29, 0.717) is 6.54 Å². The summed E-state index contributed by atoms with van der Waals surface area (Å²) in [7, 11) is 0.